The van der Waals surface area contributed by atoms with E-state index in [1.54, 1.807) is 23.4 Å². The molecule has 5 rings (SSSR count). The Morgan fingerprint density at radius 2 is 1.86 bits per heavy atom. The van der Waals surface area contributed by atoms with Gasteiger partial charge in [0.2, 0.25) is 21.8 Å². The van der Waals surface area contributed by atoms with Crippen LogP contribution < -0.4 is 19.7 Å². The maximum atomic E-state index is 13.1. The third kappa shape index (κ3) is 4.75. The number of carbonyl (C=O) groups is 1. The van der Waals surface area contributed by atoms with E-state index in [4.69, 9.17) is 4.74 Å². The van der Waals surface area contributed by atoms with E-state index in [0.717, 1.165) is 58.8 Å². The Bertz CT molecular complexity index is 1490. The second-order valence-electron chi connectivity index (χ2n) is 11.0. The minimum absolute atomic E-state index is 0.0585. The lowest BCUT2D eigenvalue weighted by molar-refractivity contribution is -0.125. The molecule has 1 saturated carbocycles. The SMILES string of the molecule is CN1C(=O)C2(CCC2)c2c1cnc1ccc(-c3cnc(OCCNC(C)(C)C)c(NS(C)(=O)=O)c3)cc21. The molecule has 9 nitrogen and oxygen atoms in total. The third-order valence-electron chi connectivity index (χ3n) is 7.08. The van der Waals surface area contributed by atoms with Gasteiger partial charge in [-0.25, -0.2) is 13.4 Å². The fraction of sp³-hybridized carbons (Fsp3) is 0.444. The van der Waals surface area contributed by atoms with Crippen molar-refractivity contribution in [1.29, 1.82) is 0 Å². The van der Waals surface area contributed by atoms with Crippen molar-refractivity contribution in [3.05, 3.63) is 42.2 Å². The average Bonchev–Trinajstić information content (AvgIpc) is 3.03. The van der Waals surface area contributed by atoms with Gasteiger partial charge in [-0.3, -0.25) is 14.5 Å². The summed E-state index contributed by atoms with van der Waals surface area (Å²) in [5, 5.41) is 4.28. The topological polar surface area (TPSA) is 114 Å². The lowest BCUT2D eigenvalue weighted by atomic mass is 9.64. The van der Waals surface area contributed by atoms with Crippen LogP contribution in [-0.2, 0) is 20.2 Å². The summed E-state index contributed by atoms with van der Waals surface area (Å²) >= 11 is 0. The van der Waals surface area contributed by atoms with Crippen LogP contribution in [0.5, 0.6) is 5.88 Å². The van der Waals surface area contributed by atoms with Gasteiger partial charge >= 0.3 is 0 Å². The minimum atomic E-state index is -3.56. The summed E-state index contributed by atoms with van der Waals surface area (Å²) in [7, 11) is -1.74. The maximum absolute atomic E-state index is 13.1. The Kier molecular flexibility index (Phi) is 6.15. The van der Waals surface area contributed by atoms with E-state index in [0.29, 0.717) is 13.2 Å². The first-order chi connectivity index (χ1) is 17.4. The number of pyridine rings is 2. The number of likely N-dealkylation sites (N-methyl/N-ethyl adjacent to an activating group) is 1. The van der Waals surface area contributed by atoms with Crippen molar-refractivity contribution in [1.82, 2.24) is 15.3 Å². The molecule has 0 saturated heterocycles. The number of carbonyl (C=O) groups excluding carboxylic acids is 1. The van der Waals surface area contributed by atoms with Gasteiger partial charge in [0.1, 0.15) is 12.3 Å². The monoisotopic (exact) mass is 523 g/mol. The predicted molar refractivity (Wildman–Crippen MR) is 146 cm³/mol. The van der Waals surface area contributed by atoms with E-state index < -0.39 is 15.4 Å². The fourth-order valence-electron chi connectivity index (χ4n) is 5.22. The third-order valence-corrected chi connectivity index (χ3v) is 7.68. The number of amides is 1. The standard InChI is InChI=1S/C27H33N5O4S/c1-26(2,3)30-11-12-36-24-21(31-37(5,34)35)14-18(15-29-24)17-7-8-20-19(13-17)23-22(16-28-20)32(4)25(33)27(23)9-6-10-27/h7-8,13-16,30-31H,6,9-12H2,1-5H3. The molecule has 2 aromatic heterocycles. The number of anilines is 2. The van der Waals surface area contributed by atoms with Gasteiger partial charge in [0.15, 0.2) is 0 Å². The first kappa shape index (κ1) is 25.4. The molecule has 0 atom stereocenters. The van der Waals surface area contributed by atoms with Crippen LogP contribution in [0.15, 0.2) is 36.7 Å². The van der Waals surface area contributed by atoms with Crippen LogP contribution in [0.3, 0.4) is 0 Å². The van der Waals surface area contributed by atoms with Crippen LogP contribution in [0.4, 0.5) is 11.4 Å². The molecule has 1 spiro atoms. The van der Waals surface area contributed by atoms with Crippen LogP contribution >= 0.6 is 0 Å². The van der Waals surface area contributed by atoms with Gasteiger partial charge in [-0.2, -0.15) is 0 Å². The molecule has 0 bridgehead atoms. The van der Waals surface area contributed by atoms with Crippen LogP contribution in [0, 0.1) is 0 Å². The number of hydrogen-bond donors (Lipinski definition) is 2. The molecule has 2 N–H and O–H groups in total. The largest absolute Gasteiger partial charge is 0.475 e. The van der Waals surface area contributed by atoms with Crippen molar-refractivity contribution in [3.63, 3.8) is 0 Å². The molecule has 37 heavy (non-hydrogen) atoms. The number of aromatic nitrogens is 2. The number of sulfonamides is 1. The molecule has 0 radical (unpaired) electrons. The Labute approximate surface area is 217 Å². The highest BCUT2D eigenvalue weighted by atomic mass is 32.2. The molecule has 3 aromatic rings. The number of ether oxygens (including phenoxy) is 1. The highest BCUT2D eigenvalue weighted by molar-refractivity contribution is 7.92. The average molecular weight is 524 g/mol. The zero-order valence-electron chi connectivity index (χ0n) is 21.9. The molecule has 1 aliphatic carbocycles. The van der Waals surface area contributed by atoms with Gasteiger partial charge < -0.3 is 15.0 Å². The lowest BCUT2D eigenvalue weighted by Gasteiger charge is -2.37. The number of nitrogens with zero attached hydrogens (tertiary/aromatic N) is 3. The quantitative estimate of drug-likeness (QED) is 0.453. The maximum Gasteiger partial charge on any atom is 0.238 e. The van der Waals surface area contributed by atoms with Crippen molar-refractivity contribution < 1.29 is 17.9 Å². The number of benzene rings is 1. The molecular formula is C27H33N5O4S. The molecule has 196 valence electrons. The highest BCUT2D eigenvalue weighted by Crippen LogP contribution is 2.55. The number of hydrogen-bond acceptors (Lipinski definition) is 7. The summed E-state index contributed by atoms with van der Waals surface area (Å²) in [6, 6.07) is 7.63. The van der Waals surface area contributed by atoms with E-state index in [9.17, 15) is 13.2 Å². The summed E-state index contributed by atoms with van der Waals surface area (Å²) in [4.78, 5) is 23.9. The van der Waals surface area contributed by atoms with Gasteiger partial charge in [0, 0.05) is 41.8 Å². The Morgan fingerprint density at radius 1 is 1.11 bits per heavy atom. The van der Waals surface area contributed by atoms with Crippen LogP contribution in [0.1, 0.15) is 45.6 Å². The van der Waals surface area contributed by atoms with Gasteiger partial charge in [-0.1, -0.05) is 12.5 Å². The summed E-state index contributed by atoms with van der Waals surface area (Å²) in [5.41, 5.74) is 4.06. The second kappa shape index (κ2) is 8.95. The van der Waals surface area contributed by atoms with E-state index in [2.05, 4.69) is 40.8 Å². The number of nitrogens with one attached hydrogen (secondary N) is 2. The zero-order chi connectivity index (χ0) is 26.6. The van der Waals surface area contributed by atoms with E-state index in [1.807, 2.05) is 25.2 Å². The number of rotatable bonds is 7. The van der Waals surface area contributed by atoms with Crippen LogP contribution in [0.25, 0.3) is 22.0 Å². The van der Waals surface area contributed by atoms with E-state index in [1.165, 1.54) is 0 Å². The molecule has 1 aromatic carbocycles. The van der Waals surface area contributed by atoms with Gasteiger partial charge in [-0.05, 0) is 57.4 Å². The molecule has 10 heteroatoms. The van der Waals surface area contributed by atoms with Crippen molar-refractivity contribution in [2.24, 2.45) is 0 Å². The first-order valence-electron chi connectivity index (χ1n) is 12.5. The van der Waals surface area contributed by atoms with Crippen molar-refractivity contribution in [2.75, 3.05) is 36.1 Å². The van der Waals surface area contributed by atoms with Crippen LogP contribution in [-0.4, -0.2) is 56.3 Å². The summed E-state index contributed by atoms with van der Waals surface area (Å²) in [6.07, 6.45) is 7.27. The zero-order valence-corrected chi connectivity index (χ0v) is 22.7. The lowest BCUT2D eigenvalue weighted by Crippen LogP contribution is -2.43. The molecule has 1 fully saturated rings. The van der Waals surface area contributed by atoms with Gasteiger partial charge in [-0.15, -0.1) is 0 Å². The normalized spacial score (nSPS) is 16.7. The van der Waals surface area contributed by atoms with Crippen molar-refractivity contribution >= 4 is 38.2 Å². The fourth-order valence-corrected chi connectivity index (χ4v) is 5.77. The van der Waals surface area contributed by atoms with Crippen LogP contribution in [0.2, 0.25) is 0 Å². The number of fused-ring (bicyclic) bond motifs is 4. The van der Waals surface area contributed by atoms with Gasteiger partial charge in [0.05, 0.1) is 29.1 Å². The van der Waals surface area contributed by atoms with Gasteiger partial charge in [0.25, 0.3) is 0 Å². The van der Waals surface area contributed by atoms with Crippen molar-refractivity contribution in [2.45, 2.75) is 51.0 Å². The highest BCUT2D eigenvalue weighted by Gasteiger charge is 2.54. The smallest absolute Gasteiger partial charge is 0.238 e. The summed E-state index contributed by atoms with van der Waals surface area (Å²) in [5.74, 6) is 0.353. The van der Waals surface area contributed by atoms with E-state index >= 15 is 0 Å². The molecule has 1 amide bonds. The Balaban J connectivity index is 1.53. The molecular weight excluding hydrogens is 490 g/mol. The first-order valence-corrected chi connectivity index (χ1v) is 14.3. The minimum Gasteiger partial charge on any atom is -0.475 e. The van der Waals surface area contributed by atoms with Crippen molar-refractivity contribution in [3.8, 4) is 17.0 Å². The Hall–Kier alpha value is -3.24. The molecule has 0 unspecified atom stereocenters. The molecule has 2 aliphatic rings. The second-order valence-corrected chi connectivity index (χ2v) is 12.8. The summed E-state index contributed by atoms with van der Waals surface area (Å²) < 4.78 is 32.5. The molecule has 3 heterocycles. The van der Waals surface area contributed by atoms with E-state index in [-0.39, 0.29) is 23.0 Å². The summed E-state index contributed by atoms with van der Waals surface area (Å²) in [6.45, 7) is 7.10. The molecule has 1 aliphatic heterocycles. The Morgan fingerprint density at radius 3 is 2.51 bits per heavy atom. The predicted octanol–water partition coefficient (Wildman–Crippen LogP) is 3.83.